The second-order valence-corrected chi connectivity index (χ2v) is 12.6. The molecule has 2 aromatic rings. The van der Waals surface area contributed by atoms with Crippen molar-refractivity contribution < 1.29 is 17.1 Å². The Morgan fingerprint density at radius 3 is 1.93 bits per heavy atom. The third-order valence-electron chi connectivity index (χ3n) is 6.55. The molecule has 2 saturated carbocycles. The Morgan fingerprint density at radius 2 is 1.50 bits per heavy atom. The van der Waals surface area contributed by atoms with Gasteiger partial charge in [-0.3, -0.25) is 0 Å². The summed E-state index contributed by atoms with van der Waals surface area (Å²) in [5.74, 6) is 0. The van der Waals surface area contributed by atoms with E-state index in [-0.39, 0.29) is 25.0 Å². The van der Waals surface area contributed by atoms with Gasteiger partial charge in [-0.15, -0.1) is 13.2 Å². The molecule has 30 heavy (non-hydrogen) atoms. The first-order chi connectivity index (χ1) is 14.2. The minimum absolute atomic E-state index is 0. The molecular formula is C26H39BrFeNP. The summed E-state index contributed by atoms with van der Waals surface area (Å²) in [5, 5.41) is 1.72. The van der Waals surface area contributed by atoms with E-state index >= 15 is 0 Å². The molecule has 0 aromatic heterocycles. The number of nitrogens with zero attached hydrogens (tertiary/aromatic N) is 1. The van der Waals surface area contributed by atoms with E-state index in [9.17, 15) is 0 Å². The Morgan fingerprint density at radius 1 is 0.967 bits per heavy atom. The van der Waals surface area contributed by atoms with Crippen molar-refractivity contribution in [3.05, 3.63) is 52.5 Å². The Bertz CT molecular complexity index is 634. The standard InChI is InChI=1S/C21H34BrNP.C5H5.Fe/c1-23(2)16-15-17-13-14-20(21(17)22)24(18-9-5-3-6-10-18)19-11-7-4-8-12-19;1-2-4-5-3-1;/h13-14,18-19H,3-12,15-16H2,1-2H3;1-5H;/q2*-1;+2. The molecule has 0 saturated heterocycles. The second-order valence-electron chi connectivity index (χ2n) is 9.06. The summed E-state index contributed by atoms with van der Waals surface area (Å²) in [6.45, 7) is 1.15. The number of halogens is 1. The summed E-state index contributed by atoms with van der Waals surface area (Å²) >= 11 is 4.03. The van der Waals surface area contributed by atoms with Crippen LogP contribution in [0.5, 0.6) is 0 Å². The van der Waals surface area contributed by atoms with E-state index in [1.807, 2.05) is 30.3 Å². The van der Waals surface area contributed by atoms with Crippen LogP contribution in [0.2, 0.25) is 0 Å². The number of hydrogen-bond donors (Lipinski definition) is 0. The van der Waals surface area contributed by atoms with Crippen molar-refractivity contribution in [2.75, 3.05) is 20.6 Å². The molecule has 2 fully saturated rings. The Hall–Kier alpha value is 0.0895. The van der Waals surface area contributed by atoms with Crippen molar-refractivity contribution in [1.29, 1.82) is 0 Å². The van der Waals surface area contributed by atoms with E-state index in [1.165, 1.54) is 80.7 Å². The Balaban J connectivity index is 0.000000468. The third kappa shape index (κ3) is 7.90. The van der Waals surface area contributed by atoms with Gasteiger partial charge in [-0.2, -0.15) is 29.8 Å². The first-order valence-electron chi connectivity index (χ1n) is 11.7. The molecule has 0 aliphatic heterocycles. The molecule has 2 aliphatic carbocycles. The van der Waals surface area contributed by atoms with Crippen LogP contribution in [0.3, 0.4) is 0 Å². The zero-order valence-electron chi connectivity index (χ0n) is 18.8. The quantitative estimate of drug-likeness (QED) is 0.212. The molecule has 1 nitrogen and oxygen atoms in total. The van der Waals surface area contributed by atoms with Crippen LogP contribution in [-0.4, -0.2) is 36.9 Å². The fourth-order valence-corrected chi connectivity index (χ4v) is 9.88. The molecule has 2 aromatic carbocycles. The van der Waals surface area contributed by atoms with Crippen molar-refractivity contribution >= 4 is 29.2 Å². The van der Waals surface area contributed by atoms with Gasteiger partial charge in [-0.25, -0.2) is 18.2 Å². The van der Waals surface area contributed by atoms with Crippen molar-refractivity contribution in [2.24, 2.45) is 0 Å². The minimum Gasteiger partial charge on any atom is -0.310 e. The fourth-order valence-electron chi connectivity index (χ4n) is 4.96. The van der Waals surface area contributed by atoms with E-state index in [0.29, 0.717) is 0 Å². The van der Waals surface area contributed by atoms with Crippen molar-refractivity contribution in [3.63, 3.8) is 0 Å². The maximum Gasteiger partial charge on any atom is 2.00 e. The summed E-state index contributed by atoms with van der Waals surface area (Å²) in [7, 11) is 4.37. The molecule has 0 heterocycles. The second kappa shape index (κ2) is 14.3. The van der Waals surface area contributed by atoms with Crippen LogP contribution in [-0.2, 0) is 23.5 Å². The third-order valence-corrected chi connectivity index (χ3v) is 11.3. The van der Waals surface area contributed by atoms with Gasteiger partial charge in [0.25, 0.3) is 0 Å². The summed E-state index contributed by atoms with van der Waals surface area (Å²) < 4.78 is 1.48. The SMILES string of the molecule is CN(C)CCc1cc[c-](P(C2CCCCC2)C2CCCCC2)c1Br.[Fe+2].c1cc[cH-]c1. The van der Waals surface area contributed by atoms with Gasteiger partial charge in [0.1, 0.15) is 0 Å². The fraction of sp³-hybridized carbons (Fsp3) is 0.615. The Labute approximate surface area is 205 Å². The van der Waals surface area contributed by atoms with Gasteiger partial charge in [-0.05, 0) is 57.6 Å². The molecule has 0 unspecified atom stereocenters. The molecule has 0 amide bonds. The van der Waals surface area contributed by atoms with Crippen LogP contribution in [0.4, 0.5) is 0 Å². The van der Waals surface area contributed by atoms with Crippen LogP contribution in [0.15, 0.2) is 46.9 Å². The molecule has 0 spiro atoms. The van der Waals surface area contributed by atoms with Crippen molar-refractivity contribution in [2.45, 2.75) is 81.9 Å². The van der Waals surface area contributed by atoms with Crippen LogP contribution in [0.25, 0.3) is 0 Å². The number of likely N-dealkylation sites (N-methyl/N-ethyl adjacent to an activating group) is 1. The van der Waals surface area contributed by atoms with Gasteiger partial charge in [0.15, 0.2) is 0 Å². The molecule has 2 aliphatic rings. The maximum atomic E-state index is 4.03. The Kier molecular flexibility index (Phi) is 12.5. The summed E-state index contributed by atoms with van der Waals surface area (Å²) in [5.41, 5.74) is 3.53. The largest absolute Gasteiger partial charge is 2.00 e. The molecule has 0 bridgehead atoms. The van der Waals surface area contributed by atoms with Crippen LogP contribution in [0, 0.1) is 0 Å². The first-order valence-corrected chi connectivity index (χ1v) is 14.0. The van der Waals surface area contributed by atoms with Gasteiger partial charge >= 0.3 is 17.1 Å². The summed E-state index contributed by atoms with van der Waals surface area (Å²) in [4.78, 5) is 2.30. The van der Waals surface area contributed by atoms with Gasteiger partial charge < -0.3 is 4.90 Å². The van der Waals surface area contributed by atoms with Crippen LogP contribution < -0.4 is 5.30 Å². The molecule has 4 heteroatoms. The molecule has 0 atom stereocenters. The topological polar surface area (TPSA) is 3.24 Å². The van der Waals surface area contributed by atoms with Crippen LogP contribution in [0.1, 0.15) is 69.8 Å². The monoisotopic (exact) mass is 531 g/mol. The van der Waals surface area contributed by atoms with E-state index in [2.05, 4.69) is 47.1 Å². The molecule has 168 valence electrons. The number of hydrogen-bond acceptors (Lipinski definition) is 1. The summed E-state index contributed by atoms with van der Waals surface area (Å²) in [6, 6.07) is 14.9. The van der Waals surface area contributed by atoms with Crippen LogP contribution >= 0.6 is 23.9 Å². The predicted octanol–water partition coefficient (Wildman–Crippen LogP) is 7.45. The molecule has 0 N–H and O–H groups in total. The summed E-state index contributed by atoms with van der Waals surface area (Å²) in [6.07, 6.45) is 16.0. The van der Waals surface area contributed by atoms with Gasteiger partial charge in [-0.1, -0.05) is 65.3 Å². The zero-order chi connectivity index (χ0) is 20.5. The molecule has 0 radical (unpaired) electrons. The van der Waals surface area contributed by atoms with E-state index in [1.54, 1.807) is 5.30 Å². The van der Waals surface area contributed by atoms with Gasteiger partial charge in [0, 0.05) is 0 Å². The predicted molar refractivity (Wildman–Crippen MR) is 134 cm³/mol. The average molecular weight is 532 g/mol. The normalized spacial score (nSPS) is 18.2. The van der Waals surface area contributed by atoms with Gasteiger partial charge in [0.2, 0.25) is 0 Å². The van der Waals surface area contributed by atoms with Crippen molar-refractivity contribution in [1.82, 2.24) is 4.90 Å². The van der Waals surface area contributed by atoms with E-state index in [0.717, 1.165) is 17.9 Å². The molecular weight excluding hydrogens is 493 g/mol. The van der Waals surface area contributed by atoms with E-state index < -0.39 is 0 Å². The van der Waals surface area contributed by atoms with Crippen molar-refractivity contribution in [3.8, 4) is 0 Å². The minimum atomic E-state index is 0. The number of rotatable bonds is 6. The smallest absolute Gasteiger partial charge is 0.310 e. The molecule has 4 rings (SSSR count). The average Bonchev–Trinajstić information content (AvgIpc) is 3.43. The maximum absolute atomic E-state index is 4.03. The first kappa shape index (κ1) is 26.3. The zero-order valence-corrected chi connectivity index (χ0v) is 22.4. The van der Waals surface area contributed by atoms with E-state index in [4.69, 9.17) is 0 Å². The van der Waals surface area contributed by atoms with Gasteiger partial charge in [0.05, 0.1) is 0 Å².